The van der Waals surface area contributed by atoms with E-state index in [9.17, 15) is 9.90 Å². The number of hydrogen-bond donors (Lipinski definition) is 2. The van der Waals surface area contributed by atoms with Crippen molar-refractivity contribution >= 4 is 6.03 Å². The minimum Gasteiger partial charge on any atom is -0.457 e. The summed E-state index contributed by atoms with van der Waals surface area (Å²) in [5, 5.41) is 12.6. The van der Waals surface area contributed by atoms with Crippen molar-refractivity contribution in [3.05, 3.63) is 60.2 Å². The maximum atomic E-state index is 12.3. The predicted molar refractivity (Wildman–Crippen MR) is 96.6 cm³/mol. The molecule has 3 rings (SSSR count). The lowest BCUT2D eigenvalue weighted by molar-refractivity contribution is 0.129. The number of aliphatic hydroxyl groups is 1. The van der Waals surface area contributed by atoms with Gasteiger partial charge in [-0.3, -0.25) is 0 Å². The first-order valence-electron chi connectivity index (χ1n) is 8.65. The van der Waals surface area contributed by atoms with Gasteiger partial charge in [-0.05, 0) is 31.5 Å². The van der Waals surface area contributed by atoms with Crippen LogP contribution >= 0.6 is 0 Å². The molecular weight excluding hydrogens is 316 g/mol. The average Bonchev–Trinajstić information content (AvgIpc) is 3.12. The number of likely N-dealkylation sites (tertiary alicyclic amines) is 1. The molecule has 0 radical (unpaired) electrons. The lowest BCUT2D eigenvalue weighted by Crippen LogP contribution is -2.38. The van der Waals surface area contributed by atoms with Crippen molar-refractivity contribution in [1.82, 2.24) is 10.2 Å². The van der Waals surface area contributed by atoms with E-state index in [0.29, 0.717) is 19.6 Å². The molecule has 0 aromatic heterocycles. The van der Waals surface area contributed by atoms with Gasteiger partial charge in [0.1, 0.15) is 11.5 Å². The van der Waals surface area contributed by atoms with Crippen molar-refractivity contribution in [3.63, 3.8) is 0 Å². The van der Waals surface area contributed by atoms with Crippen LogP contribution < -0.4 is 10.1 Å². The summed E-state index contributed by atoms with van der Waals surface area (Å²) in [6.07, 6.45) is 0.469. The Balaban J connectivity index is 1.59. The Kier molecular flexibility index (Phi) is 5.56. The quantitative estimate of drug-likeness (QED) is 0.877. The summed E-state index contributed by atoms with van der Waals surface area (Å²) in [5.41, 5.74) is 0.922. The van der Waals surface area contributed by atoms with Crippen LogP contribution in [0.2, 0.25) is 0 Å². The van der Waals surface area contributed by atoms with Crippen LogP contribution in [0.5, 0.6) is 11.5 Å². The lowest BCUT2D eigenvalue weighted by atomic mass is 10.0. The Bertz CT molecular complexity index is 703. The fourth-order valence-corrected chi connectivity index (χ4v) is 3.01. The molecule has 0 unspecified atom stereocenters. The van der Waals surface area contributed by atoms with Gasteiger partial charge < -0.3 is 20.1 Å². The number of hydrogen-bond acceptors (Lipinski definition) is 3. The number of amides is 2. The van der Waals surface area contributed by atoms with Crippen molar-refractivity contribution in [3.8, 4) is 11.5 Å². The van der Waals surface area contributed by atoms with Gasteiger partial charge in [0.25, 0.3) is 0 Å². The molecule has 0 saturated carbocycles. The van der Waals surface area contributed by atoms with Gasteiger partial charge in [-0.15, -0.1) is 0 Å². The van der Waals surface area contributed by atoms with E-state index in [1.54, 1.807) is 11.8 Å². The molecule has 1 heterocycles. The van der Waals surface area contributed by atoms with Crippen LogP contribution in [-0.4, -0.2) is 35.2 Å². The monoisotopic (exact) mass is 340 g/mol. The third-order valence-electron chi connectivity index (χ3n) is 4.57. The summed E-state index contributed by atoms with van der Waals surface area (Å²) in [5.74, 6) is 1.66. The molecule has 1 saturated heterocycles. The van der Waals surface area contributed by atoms with Gasteiger partial charge in [0.15, 0.2) is 0 Å². The number of carbonyl (C=O) groups excluding carboxylic acids is 1. The zero-order chi connectivity index (χ0) is 17.6. The molecule has 2 atom stereocenters. The molecule has 25 heavy (non-hydrogen) atoms. The summed E-state index contributed by atoms with van der Waals surface area (Å²) in [6.45, 7) is 3.47. The normalized spacial score (nSPS) is 18.0. The Morgan fingerprint density at radius 3 is 2.68 bits per heavy atom. The van der Waals surface area contributed by atoms with Gasteiger partial charge in [0.05, 0.1) is 6.10 Å². The third kappa shape index (κ3) is 4.51. The number of carbonyl (C=O) groups is 1. The average molecular weight is 340 g/mol. The highest BCUT2D eigenvalue weighted by Crippen LogP contribution is 2.25. The molecule has 1 fully saturated rings. The highest BCUT2D eigenvalue weighted by atomic mass is 16.5. The van der Waals surface area contributed by atoms with Gasteiger partial charge in [-0.25, -0.2) is 4.79 Å². The molecule has 5 nitrogen and oxygen atoms in total. The first-order valence-corrected chi connectivity index (χ1v) is 8.65. The molecule has 2 amide bonds. The van der Waals surface area contributed by atoms with Gasteiger partial charge in [-0.1, -0.05) is 36.4 Å². The summed E-state index contributed by atoms with van der Waals surface area (Å²) >= 11 is 0. The van der Waals surface area contributed by atoms with Crippen molar-refractivity contribution in [1.29, 1.82) is 0 Å². The van der Waals surface area contributed by atoms with E-state index in [4.69, 9.17) is 4.74 Å². The fraction of sp³-hybridized carbons (Fsp3) is 0.350. The van der Waals surface area contributed by atoms with E-state index in [1.165, 1.54) is 0 Å². The fourth-order valence-electron chi connectivity index (χ4n) is 3.01. The van der Waals surface area contributed by atoms with E-state index < -0.39 is 0 Å². The standard InChI is InChI=1S/C20H24N2O3/c1-15(23)17-11-12-22(14-17)20(24)21-13-16-7-5-6-10-19(16)25-18-8-3-2-4-9-18/h2-10,15,17,23H,11-14H2,1H3,(H,21,24)/t15-,17+/m1/s1. The largest absolute Gasteiger partial charge is 0.457 e. The second-order valence-electron chi connectivity index (χ2n) is 6.42. The van der Waals surface area contributed by atoms with Crippen molar-refractivity contribution in [2.75, 3.05) is 13.1 Å². The number of aliphatic hydroxyl groups excluding tert-OH is 1. The molecular formula is C20H24N2O3. The van der Waals surface area contributed by atoms with Gasteiger partial charge in [0.2, 0.25) is 0 Å². The summed E-state index contributed by atoms with van der Waals surface area (Å²) < 4.78 is 5.92. The zero-order valence-corrected chi connectivity index (χ0v) is 14.4. The number of para-hydroxylation sites is 2. The maximum absolute atomic E-state index is 12.3. The van der Waals surface area contributed by atoms with Crippen LogP contribution in [0, 0.1) is 5.92 Å². The summed E-state index contributed by atoms with van der Waals surface area (Å²) in [4.78, 5) is 14.1. The molecule has 5 heteroatoms. The number of nitrogens with zero attached hydrogens (tertiary/aromatic N) is 1. The number of nitrogens with one attached hydrogen (secondary N) is 1. The second kappa shape index (κ2) is 8.03. The van der Waals surface area contributed by atoms with Crippen LogP contribution in [0.25, 0.3) is 0 Å². The first kappa shape index (κ1) is 17.3. The molecule has 2 aromatic carbocycles. The summed E-state index contributed by atoms with van der Waals surface area (Å²) in [6, 6.07) is 17.2. The third-order valence-corrected chi connectivity index (χ3v) is 4.57. The Morgan fingerprint density at radius 1 is 1.24 bits per heavy atom. The van der Waals surface area contributed by atoms with Gasteiger partial charge in [0, 0.05) is 31.1 Å². The van der Waals surface area contributed by atoms with Crippen LogP contribution in [0.15, 0.2) is 54.6 Å². The van der Waals surface area contributed by atoms with Crippen molar-refractivity contribution < 1.29 is 14.6 Å². The zero-order valence-electron chi connectivity index (χ0n) is 14.4. The molecule has 132 valence electrons. The van der Waals surface area contributed by atoms with Gasteiger partial charge in [-0.2, -0.15) is 0 Å². The van der Waals surface area contributed by atoms with Crippen molar-refractivity contribution in [2.24, 2.45) is 5.92 Å². The molecule has 2 N–H and O–H groups in total. The highest BCUT2D eigenvalue weighted by Gasteiger charge is 2.28. The predicted octanol–water partition coefficient (Wildman–Crippen LogP) is 3.39. The number of rotatable bonds is 5. The molecule has 1 aliphatic rings. The number of ether oxygens (including phenoxy) is 1. The van der Waals surface area contributed by atoms with E-state index in [-0.39, 0.29) is 18.1 Å². The number of benzene rings is 2. The molecule has 1 aliphatic heterocycles. The SMILES string of the molecule is C[C@@H](O)[C@H]1CCN(C(=O)NCc2ccccc2Oc2ccccc2)C1. The van der Waals surface area contributed by atoms with Crippen LogP contribution in [0.1, 0.15) is 18.9 Å². The van der Waals surface area contributed by atoms with Crippen LogP contribution in [0.3, 0.4) is 0 Å². The van der Waals surface area contributed by atoms with E-state index in [2.05, 4.69) is 5.32 Å². The Hall–Kier alpha value is -2.53. The van der Waals surface area contributed by atoms with E-state index in [0.717, 1.165) is 23.5 Å². The smallest absolute Gasteiger partial charge is 0.317 e. The molecule has 0 aliphatic carbocycles. The highest BCUT2D eigenvalue weighted by molar-refractivity contribution is 5.74. The molecule has 0 spiro atoms. The minimum atomic E-state index is -0.377. The van der Waals surface area contributed by atoms with E-state index >= 15 is 0 Å². The second-order valence-corrected chi connectivity index (χ2v) is 6.42. The Morgan fingerprint density at radius 2 is 1.96 bits per heavy atom. The number of urea groups is 1. The molecule has 2 aromatic rings. The van der Waals surface area contributed by atoms with Crippen molar-refractivity contribution in [2.45, 2.75) is 26.0 Å². The van der Waals surface area contributed by atoms with Crippen LogP contribution in [0.4, 0.5) is 4.79 Å². The van der Waals surface area contributed by atoms with Gasteiger partial charge >= 0.3 is 6.03 Å². The minimum absolute atomic E-state index is 0.0994. The van der Waals surface area contributed by atoms with E-state index in [1.807, 2.05) is 54.6 Å². The van der Waals surface area contributed by atoms with Crippen LogP contribution in [-0.2, 0) is 6.54 Å². The Labute approximate surface area is 148 Å². The first-order chi connectivity index (χ1) is 12.1. The lowest BCUT2D eigenvalue weighted by Gasteiger charge is -2.19. The summed E-state index contributed by atoms with van der Waals surface area (Å²) in [7, 11) is 0. The molecule has 0 bridgehead atoms. The topological polar surface area (TPSA) is 61.8 Å². The maximum Gasteiger partial charge on any atom is 0.317 e.